The molecule has 0 aromatic heterocycles. The first-order valence-corrected chi connectivity index (χ1v) is 9.80. The Bertz CT molecular complexity index is 573. The summed E-state index contributed by atoms with van der Waals surface area (Å²) in [6.07, 6.45) is 2.00. The highest BCUT2D eigenvalue weighted by atomic mass is 16.5. The molecule has 0 aromatic carbocycles. The Morgan fingerprint density at radius 1 is 0.962 bits per heavy atom. The Hall–Kier alpha value is -1.63. The number of amides is 3. The number of carbonyl (C=O) groups is 3. The van der Waals surface area contributed by atoms with Gasteiger partial charge in [-0.1, -0.05) is 13.8 Å². The lowest BCUT2D eigenvalue weighted by atomic mass is 9.75. The molecule has 0 aliphatic carbocycles. The van der Waals surface area contributed by atoms with Crippen LogP contribution in [0, 0.1) is 11.3 Å². The lowest BCUT2D eigenvalue weighted by molar-refractivity contribution is -0.149. The molecule has 3 fully saturated rings. The molecule has 7 heteroatoms. The molecule has 3 heterocycles. The molecule has 0 radical (unpaired) electrons. The van der Waals surface area contributed by atoms with E-state index in [1.54, 1.807) is 6.92 Å². The number of nitrogens with zero attached hydrogens (tertiary/aromatic N) is 3. The lowest BCUT2D eigenvalue weighted by Crippen LogP contribution is -2.54. The SMILES string of the molecule is CC(=O)N1CC[C@]2(C(=O)N3CCOCC3)CCN(C(=O)C(C)C)CC[C@H]12. The van der Waals surface area contributed by atoms with Gasteiger partial charge in [-0.3, -0.25) is 14.4 Å². The van der Waals surface area contributed by atoms with E-state index in [0.717, 1.165) is 0 Å². The fourth-order valence-electron chi connectivity index (χ4n) is 4.79. The summed E-state index contributed by atoms with van der Waals surface area (Å²) in [6.45, 7) is 9.60. The van der Waals surface area contributed by atoms with Gasteiger partial charge in [-0.05, 0) is 19.3 Å². The minimum Gasteiger partial charge on any atom is -0.378 e. The highest BCUT2D eigenvalue weighted by Gasteiger charge is 2.55. The topological polar surface area (TPSA) is 70.2 Å². The van der Waals surface area contributed by atoms with Crippen LogP contribution in [0.2, 0.25) is 0 Å². The third-order valence-corrected chi connectivity index (χ3v) is 6.25. The summed E-state index contributed by atoms with van der Waals surface area (Å²) < 4.78 is 5.39. The molecule has 2 atom stereocenters. The average molecular weight is 365 g/mol. The van der Waals surface area contributed by atoms with Crippen molar-refractivity contribution in [3.05, 3.63) is 0 Å². The zero-order valence-corrected chi connectivity index (χ0v) is 16.2. The largest absolute Gasteiger partial charge is 0.378 e. The minimum absolute atomic E-state index is 0.0234. The fourth-order valence-corrected chi connectivity index (χ4v) is 4.79. The van der Waals surface area contributed by atoms with Gasteiger partial charge in [-0.15, -0.1) is 0 Å². The van der Waals surface area contributed by atoms with Crippen molar-refractivity contribution in [1.82, 2.24) is 14.7 Å². The summed E-state index contributed by atoms with van der Waals surface area (Å²) in [5.74, 6) is 0.250. The van der Waals surface area contributed by atoms with Crippen molar-refractivity contribution >= 4 is 17.7 Å². The first kappa shape index (κ1) is 19.1. The summed E-state index contributed by atoms with van der Waals surface area (Å²) in [6, 6.07) is -0.111. The number of hydrogen-bond acceptors (Lipinski definition) is 4. The van der Waals surface area contributed by atoms with E-state index in [1.165, 1.54) is 0 Å². The maximum atomic E-state index is 13.5. The van der Waals surface area contributed by atoms with Gasteiger partial charge in [0, 0.05) is 51.6 Å². The van der Waals surface area contributed by atoms with E-state index < -0.39 is 5.41 Å². The van der Waals surface area contributed by atoms with E-state index in [-0.39, 0.29) is 29.7 Å². The van der Waals surface area contributed by atoms with Crippen LogP contribution in [0.1, 0.15) is 40.0 Å². The summed E-state index contributed by atoms with van der Waals surface area (Å²) in [5, 5.41) is 0. The molecule has 3 amide bonds. The number of hydrogen-bond donors (Lipinski definition) is 0. The molecule has 3 aliphatic heterocycles. The van der Waals surface area contributed by atoms with Crippen molar-refractivity contribution in [2.24, 2.45) is 11.3 Å². The van der Waals surface area contributed by atoms with E-state index in [4.69, 9.17) is 4.74 Å². The van der Waals surface area contributed by atoms with Gasteiger partial charge in [0.05, 0.1) is 18.6 Å². The summed E-state index contributed by atoms with van der Waals surface area (Å²) >= 11 is 0. The lowest BCUT2D eigenvalue weighted by Gasteiger charge is -2.40. The van der Waals surface area contributed by atoms with Gasteiger partial charge in [0.15, 0.2) is 0 Å². The first-order valence-electron chi connectivity index (χ1n) is 9.80. The van der Waals surface area contributed by atoms with E-state index >= 15 is 0 Å². The van der Waals surface area contributed by atoms with Crippen LogP contribution in [-0.4, -0.2) is 84.4 Å². The van der Waals surface area contributed by atoms with Gasteiger partial charge >= 0.3 is 0 Å². The van der Waals surface area contributed by atoms with Gasteiger partial charge in [-0.25, -0.2) is 0 Å². The smallest absolute Gasteiger partial charge is 0.231 e. The maximum absolute atomic E-state index is 13.5. The van der Waals surface area contributed by atoms with Crippen molar-refractivity contribution in [3.63, 3.8) is 0 Å². The number of ether oxygens (including phenoxy) is 1. The molecule has 0 bridgehead atoms. The van der Waals surface area contributed by atoms with Crippen molar-refractivity contribution in [2.75, 3.05) is 45.9 Å². The molecular formula is C19H31N3O4. The predicted octanol–water partition coefficient (Wildman–Crippen LogP) is 0.731. The molecule has 0 spiro atoms. The molecule has 3 aliphatic rings. The van der Waals surface area contributed by atoms with Gasteiger partial charge < -0.3 is 19.4 Å². The van der Waals surface area contributed by atoms with Crippen LogP contribution in [0.4, 0.5) is 0 Å². The monoisotopic (exact) mass is 365 g/mol. The first-order chi connectivity index (χ1) is 12.4. The standard InChI is InChI=1S/C19H31N3O4/c1-14(2)17(24)20-7-4-16-19(5-8-20,6-9-22(16)15(3)23)18(25)21-10-12-26-13-11-21/h14,16H,4-13H2,1-3H3/t16-,19+/m0/s1. The van der Waals surface area contributed by atoms with Crippen LogP contribution in [-0.2, 0) is 19.1 Å². The number of rotatable bonds is 2. The molecule has 7 nitrogen and oxygen atoms in total. The fraction of sp³-hybridized carbons (Fsp3) is 0.842. The summed E-state index contributed by atoms with van der Waals surface area (Å²) in [4.78, 5) is 43.8. The second-order valence-electron chi connectivity index (χ2n) is 8.06. The van der Waals surface area contributed by atoms with Gasteiger partial charge in [0.25, 0.3) is 0 Å². The van der Waals surface area contributed by atoms with Crippen molar-refractivity contribution in [1.29, 1.82) is 0 Å². The van der Waals surface area contributed by atoms with Crippen molar-refractivity contribution < 1.29 is 19.1 Å². The van der Waals surface area contributed by atoms with Crippen LogP contribution >= 0.6 is 0 Å². The number of carbonyl (C=O) groups excluding carboxylic acids is 3. The van der Waals surface area contributed by atoms with Crippen LogP contribution in [0.15, 0.2) is 0 Å². The van der Waals surface area contributed by atoms with E-state index in [0.29, 0.717) is 65.2 Å². The molecule has 3 rings (SSSR count). The van der Waals surface area contributed by atoms with Gasteiger partial charge in [0.2, 0.25) is 17.7 Å². The summed E-state index contributed by atoms with van der Waals surface area (Å²) in [5.41, 5.74) is -0.560. The molecule has 146 valence electrons. The Kier molecular flexibility index (Phi) is 5.55. The van der Waals surface area contributed by atoms with Crippen LogP contribution < -0.4 is 0 Å². The average Bonchev–Trinajstić information content (AvgIpc) is 2.91. The third-order valence-electron chi connectivity index (χ3n) is 6.25. The Morgan fingerprint density at radius 3 is 2.23 bits per heavy atom. The molecule has 0 N–H and O–H groups in total. The molecule has 26 heavy (non-hydrogen) atoms. The highest BCUT2D eigenvalue weighted by molar-refractivity contribution is 5.86. The minimum atomic E-state index is -0.560. The Morgan fingerprint density at radius 2 is 1.62 bits per heavy atom. The van der Waals surface area contributed by atoms with E-state index in [9.17, 15) is 14.4 Å². The second-order valence-corrected chi connectivity index (χ2v) is 8.06. The highest BCUT2D eigenvalue weighted by Crippen LogP contribution is 2.45. The zero-order chi connectivity index (χ0) is 18.9. The van der Waals surface area contributed by atoms with E-state index in [2.05, 4.69) is 0 Å². The molecule has 3 saturated heterocycles. The van der Waals surface area contributed by atoms with Crippen molar-refractivity contribution in [2.45, 2.75) is 46.1 Å². The number of likely N-dealkylation sites (tertiary alicyclic amines) is 2. The quantitative estimate of drug-likeness (QED) is 0.723. The molecule has 0 unspecified atom stereocenters. The second kappa shape index (κ2) is 7.55. The van der Waals surface area contributed by atoms with Crippen LogP contribution in [0.25, 0.3) is 0 Å². The molecular weight excluding hydrogens is 334 g/mol. The van der Waals surface area contributed by atoms with Crippen LogP contribution in [0.3, 0.4) is 0 Å². The van der Waals surface area contributed by atoms with Crippen LogP contribution in [0.5, 0.6) is 0 Å². The Labute approximate surface area is 155 Å². The van der Waals surface area contributed by atoms with Gasteiger partial charge in [0.1, 0.15) is 0 Å². The zero-order valence-electron chi connectivity index (χ0n) is 16.2. The Balaban J connectivity index is 1.87. The molecule has 0 saturated carbocycles. The third kappa shape index (κ3) is 3.33. The number of fused-ring (bicyclic) bond motifs is 1. The molecule has 0 aromatic rings. The van der Waals surface area contributed by atoms with Gasteiger partial charge in [-0.2, -0.15) is 0 Å². The summed E-state index contributed by atoms with van der Waals surface area (Å²) in [7, 11) is 0. The maximum Gasteiger partial charge on any atom is 0.231 e. The predicted molar refractivity (Wildman–Crippen MR) is 96.3 cm³/mol. The number of morpholine rings is 1. The van der Waals surface area contributed by atoms with E-state index in [1.807, 2.05) is 28.5 Å². The normalized spacial score (nSPS) is 29.5. The van der Waals surface area contributed by atoms with Crippen molar-refractivity contribution in [3.8, 4) is 0 Å².